The van der Waals surface area contributed by atoms with Gasteiger partial charge < -0.3 is 9.47 Å². The van der Waals surface area contributed by atoms with E-state index in [1.54, 1.807) is 16.4 Å². The highest BCUT2D eigenvalue weighted by Gasteiger charge is 2.31. The topological polar surface area (TPSA) is 63.8 Å². The zero-order chi connectivity index (χ0) is 21.5. The van der Waals surface area contributed by atoms with Gasteiger partial charge in [-0.1, -0.05) is 30.3 Å². The molecule has 7 heteroatoms. The standard InChI is InChI=1S/C23H27N3O3S/c1-17-14-22(18(2)24(17)3)23(27)16-25-10-12-26(13-11-25)30(28,29)21-9-8-19-6-4-5-7-20(19)15-21/h4-9,14-15H,10-13,16H2,1-3H3/p+1. The van der Waals surface area contributed by atoms with Crippen molar-refractivity contribution in [3.8, 4) is 0 Å². The van der Waals surface area contributed by atoms with Crippen molar-refractivity contribution < 1.29 is 18.1 Å². The summed E-state index contributed by atoms with van der Waals surface area (Å²) in [5.41, 5.74) is 2.82. The number of carbonyl (C=O) groups is 1. The fraction of sp³-hybridized carbons (Fsp3) is 0.348. The number of aryl methyl sites for hydroxylation is 1. The number of carbonyl (C=O) groups excluding carboxylic acids is 1. The van der Waals surface area contributed by atoms with Gasteiger partial charge in [-0.3, -0.25) is 4.79 Å². The second-order valence-electron chi connectivity index (χ2n) is 8.11. The van der Waals surface area contributed by atoms with Gasteiger partial charge in [-0.25, -0.2) is 8.42 Å². The Balaban J connectivity index is 1.43. The van der Waals surface area contributed by atoms with Crippen LogP contribution in [0.15, 0.2) is 53.4 Å². The normalized spacial score (nSPS) is 16.2. The zero-order valence-electron chi connectivity index (χ0n) is 17.7. The lowest BCUT2D eigenvalue weighted by Gasteiger charge is -2.31. The molecule has 1 aliphatic rings. The highest BCUT2D eigenvalue weighted by Crippen LogP contribution is 2.22. The van der Waals surface area contributed by atoms with Crippen molar-refractivity contribution in [2.45, 2.75) is 18.7 Å². The number of Topliss-reactive ketones (excluding diaryl/α,β-unsaturated/α-hetero) is 1. The average molecular weight is 427 g/mol. The van der Waals surface area contributed by atoms with Crippen LogP contribution >= 0.6 is 0 Å². The fourth-order valence-corrected chi connectivity index (χ4v) is 5.63. The van der Waals surface area contributed by atoms with E-state index in [4.69, 9.17) is 0 Å². The monoisotopic (exact) mass is 426 g/mol. The van der Waals surface area contributed by atoms with Gasteiger partial charge in [0.1, 0.15) is 6.54 Å². The minimum Gasteiger partial charge on any atom is -0.351 e. The fourth-order valence-electron chi connectivity index (χ4n) is 4.16. The molecule has 1 N–H and O–H groups in total. The van der Waals surface area contributed by atoms with Gasteiger partial charge >= 0.3 is 0 Å². The van der Waals surface area contributed by atoms with E-state index >= 15 is 0 Å². The Kier molecular flexibility index (Phi) is 5.53. The third kappa shape index (κ3) is 3.80. The van der Waals surface area contributed by atoms with Gasteiger partial charge in [0.15, 0.2) is 0 Å². The molecule has 1 aliphatic heterocycles. The van der Waals surface area contributed by atoms with Gasteiger partial charge in [0.25, 0.3) is 0 Å². The van der Waals surface area contributed by atoms with Crippen molar-refractivity contribution in [2.75, 3.05) is 32.7 Å². The number of nitrogens with zero attached hydrogens (tertiary/aromatic N) is 2. The first-order valence-corrected chi connectivity index (χ1v) is 11.7. The smallest absolute Gasteiger partial charge is 0.243 e. The molecule has 0 atom stereocenters. The number of fused-ring (bicyclic) bond motifs is 1. The van der Waals surface area contributed by atoms with Crippen molar-refractivity contribution in [3.63, 3.8) is 0 Å². The molecule has 30 heavy (non-hydrogen) atoms. The molecule has 0 unspecified atom stereocenters. The van der Waals surface area contributed by atoms with Crippen LogP contribution in [0, 0.1) is 13.8 Å². The molecule has 0 amide bonds. The molecule has 4 rings (SSSR count). The number of hydrogen-bond acceptors (Lipinski definition) is 3. The van der Waals surface area contributed by atoms with E-state index in [0.29, 0.717) is 37.6 Å². The van der Waals surface area contributed by atoms with E-state index in [1.165, 1.54) is 0 Å². The summed E-state index contributed by atoms with van der Waals surface area (Å²) in [5.74, 6) is 0.122. The summed E-state index contributed by atoms with van der Waals surface area (Å²) < 4.78 is 29.8. The summed E-state index contributed by atoms with van der Waals surface area (Å²) >= 11 is 0. The van der Waals surface area contributed by atoms with Crippen LogP contribution in [0.2, 0.25) is 0 Å². The van der Waals surface area contributed by atoms with Gasteiger partial charge in [0, 0.05) is 24.0 Å². The van der Waals surface area contributed by atoms with Crippen molar-refractivity contribution in [1.82, 2.24) is 8.87 Å². The minimum absolute atomic E-state index is 0.122. The summed E-state index contributed by atoms with van der Waals surface area (Å²) in [4.78, 5) is 14.2. The minimum atomic E-state index is -3.53. The Morgan fingerprint density at radius 3 is 2.30 bits per heavy atom. The van der Waals surface area contributed by atoms with E-state index in [0.717, 1.165) is 32.6 Å². The van der Waals surface area contributed by atoms with E-state index < -0.39 is 10.0 Å². The van der Waals surface area contributed by atoms with E-state index in [2.05, 4.69) is 0 Å². The van der Waals surface area contributed by atoms with Crippen molar-refractivity contribution in [1.29, 1.82) is 0 Å². The lowest BCUT2D eigenvalue weighted by atomic mass is 10.1. The predicted octanol–water partition coefficient (Wildman–Crippen LogP) is 1.57. The number of sulfonamides is 1. The summed E-state index contributed by atoms with van der Waals surface area (Å²) in [6, 6.07) is 15.0. The molecule has 0 aliphatic carbocycles. The molecule has 158 valence electrons. The van der Waals surface area contributed by atoms with Crippen LogP contribution in [-0.4, -0.2) is 55.8 Å². The third-order valence-corrected chi connectivity index (χ3v) is 8.17. The molecule has 2 aromatic carbocycles. The highest BCUT2D eigenvalue weighted by atomic mass is 32.2. The first-order valence-electron chi connectivity index (χ1n) is 10.3. The number of nitrogens with one attached hydrogen (secondary N) is 1. The maximum atomic E-state index is 13.1. The number of ketones is 1. The van der Waals surface area contributed by atoms with Gasteiger partial charge in [-0.2, -0.15) is 4.31 Å². The Hall–Kier alpha value is -2.48. The molecule has 1 aromatic heterocycles. The van der Waals surface area contributed by atoms with Crippen LogP contribution in [-0.2, 0) is 17.1 Å². The van der Waals surface area contributed by atoms with Crippen LogP contribution in [0.3, 0.4) is 0 Å². The Bertz CT molecular complexity index is 1210. The van der Waals surface area contributed by atoms with E-state index in [9.17, 15) is 13.2 Å². The first kappa shape index (κ1) is 20.8. The lowest BCUT2D eigenvalue weighted by molar-refractivity contribution is -0.895. The maximum absolute atomic E-state index is 13.1. The average Bonchev–Trinajstić information content (AvgIpc) is 3.01. The molecule has 0 bridgehead atoms. The molecule has 0 saturated carbocycles. The second kappa shape index (κ2) is 7.98. The second-order valence-corrected chi connectivity index (χ2v) is 10.0. The molecule has 0 radical (unpaired) electrons. The molecular weight excluding hydrogens is 398 g/mol. The van der Waals surface area contributed by atoms with E-state index in [-0.39, 0.29) is 5.78 Å². The van der Waals surface area contributed by atoms with Gasteiger partial charge in [-0.15, -0.1) is 0 Å². The quantitative estimate of drug-likeness (QED) is 0.630. The molecular formula is C23H28N3O3S+. The molecule has 1 fully saturated rings. The molecule has 3 aromatic rings. The Morgan fingerprint density at radius 2 is 1.67 bits per heavy atom. The van der Waals surface area contributed by atoms with Crippen molar-refractivity contribution >= 4 is 26.6 Å². The third-order valence-electron chi connectivity index (χ3n) is 6.27. The number of aromatic nitrogens is 1. The molecule has 6 nitrogen and oxygen atoms in total. The number of hydrogen-bond donors (Lipinski definition) is 1. The maximum Gasteiger partial charge on any atom is 0.243 e. The van der Waals surface area contributed by atoms with Crippen LogP contribution in [0.25, 0.3) is 10.8 Å². The zero-order valence-corrected chi connectivity index (χ0v) is 18.5. The number of rotatable bonds is 5. The van der Waals surface area contributed by atoms with Gasteiger partial charge in [0.2, 0.25) is 15.8 Å². The van der Waals surface area contributed by atoms with Crippen LogP contribution in [0.5, 0.6) is 0 Å². The van der Waals surface area contributed by atoms with Crippen LogP contribution < -0.4 is 4.90 Å². The summed E-state index contributed by atoms with van der Waals surface area (Å²) in [5, 5.41) is 1.94. The highest BCUT2D eigenvalue weighted by molar-refractivity contribution is 7.89. The Labute approximate surface area is 177 Å². The first-order chi connectivity index (χ1) is 14.3. The largest absolute Gasteiger partial charge is 0.351 e. The summed E-state index contributed by atoms with van der Waals surface area (Å²) in [6.45, 7) is 6.45. The number of quaternary nitrogens is 1. The molecule has 2 heterocycles. The van der Waals surface area contributed by atoms with Gasteiger partial charge in [-0.05, 0) is 42.8 Å². The number of piperazine rings is 1. The predicted molar refractivity (Wildman–Crippen MR) is 117 cm³/mol. The van der Waals surface area contributed by atoms with Crippen molar-refractivity contribution in [3.05, 3.63) is 65.5 Å². The SMILES string of the molecule is Cc1cc(C(=O)C[NH+]2CCN(S(=O)(=O)c3ccc4ccccc4c3)CC2)c(C)n1C. The summed E-state index contributed by atoms with van der Waals surface area (Å²) in [7, 11) is -1.57. The molecule has 1 saturated heterocycles. The van der Waals surface area contributed by atoms with E-state index in [1.807, 2.05) is 61.9 Å². The van der Waals surface area contributed by atoms with Crippen LogP contribution in [0.4, 0.5) is 0 Å². The lowest BCUT2D eigenvalue weighted by Crippen LogP contribution is -3.15. The molecule has 0 spiro atoms. The van der Waals surface area contributed by atoms with Crippen LogP contribution in [0.1, 0.15) is 21.7 Å². The number of benzene rings is 2. The Morgan fingerprint density at radius 1 is 1.00 bits per heavy atom. The van der Waals surface area contributed by atoms with Gasteiger partial charge in [0.05, 0.1) is 31.1 Å². The summed E-state index contributed by atoms with van der Waals surface area (Å²) in [6.07, 6.45) is 0. The van der Waals surface area contributed by atoms with Crippen molar-refractivity contribution in [2.24, 2.45) is 7.05 Å².